The lowest BCUT2D eigenvalue weighted by atomic mass is 10.1. The molecular formula is C16H15N5. The Bertz CT molecular complexity index is 855. The van der Waals surface area contributed by atoms with Crippen molar-refractivity contribution in [2.24, 2.45) is 0 Å². The van der Waals surface area contributed by atoms with E-state index < -0.39 is 0 Å². The molecule has 0 N–H and O–H groups in total. The van der Waals surface area contributed by atoms with Crippen molar-refractivity contribution in [3.05, 3.63) is 47.7 Å². The van der Waals surface area contributed by atoms with Crippen molar-refractivity contribution >= 4 is 11.5 Å². The summed E-state index contributed by atoms with van der Waals surface area (Å²) in [5.74, 6) is 0.892. The molecule has 2 heterocycles. The van der Waals surface area contributed by atoms with E-state index in [0.717, 1.165) is 28.3 Å². The fourth-order valence-corrected chi connectivity index (χ4v) is 2.29. The monoisotopic (exact) mass is 277 g/mol. The van der Waals surface area contributed by atoms with Crippen molar-refractivity contribution in [2.75, 3.05) is 19.0 Å². The highest BCUT2D eigenvalue weighted by Crippen LogP contribution is 2.26. The quantitative estimate of drug-likeness (QED) is 0.722. The summed E-state index contributed by atoms with van der Waals surface area (Å²) in [5, 5.41) is 13.6. The number of aromatic nitrogens is 3. The summed E-state index contributed by atoms with van der Waals surface area (Å²) in [7, 11) is 3.92. The predicted octanol–water partition coefficient (Wildman–Crippen LogP) is 2.64. The molecule has 0 bridgehead atoms. The van der Waals surface area contributed by atoms with E-state index in [1.54, 1.807) is 10.6 Å². The fraction of sp³-hybridized carbons (Fsp3) is 0.188. The molecule has 2 aromatic heterocycles. The third kappa shape index (κ3) is 2.21. The van der Waals surface area contributed by atoms with Gasteiger partial charge in [-0.15, -0.1) is 0 Å². The van der Waals surface area contributed by atoms with E-state index in [9.17, 15) is 0 Å². The van der Waals surface area contributed by atoms with Gasteiger partial charge in [-0.05, 0) is 25.1 Å². The van der Waals surface area contributed by atoms with Gasteiger partial charge in [-0.2, -0.15) is 10.4 Å². The highest BCUT2D eigenvalue weighted by molar-refractivity contribution is 5.71. The summed E-state index contributed by atoms with van der Waals surface area (Å²) in [4.78, 5) is 6.59. The van der Waals surface area contributed by atoms with Gasteiger partial charge in [0.05, 0.1) is 17.3 Å². The van der Waals surface area contributed by atoms with E-state index in [0.29, 0.717) is 5.56 Å². The van der Waals surface area contributed by atoms with Crippen molar-refractivity contribution in [3.63, 3.8) is 0 Å². The fourth-order valence-electron chi connectivity index (χ4n) is 2.29. The van der Waals surface area contributed by atoms with Crippen LogP contribution in [0.25, 0.3) is 16.9 Å². The Hall–Kier alpha value is -2.87. The SMILES string of the molecule is Cc1c(-c2cccc(C#N)c2)nn2ccc(N(C)C)nc12. The number of nitriles is 1. The van der Waals surface area contributed by atoms with Crippen molar-refractivity contribution < 1.29 is 0 Å². The molecular weight excluding hydrogens is 262 g/mol. The van der Waals surface area contributed by atoms with Crippen molar-refractivity contribution in [2.45, 2.75) is 6.92 Å². The molecule has 0 unspecified atom stereocenters. The lowest BCUT2D eigenvalue weighted by Gasteiger charge is -2.10. The lowest BCUT2D eigenvalue weighted by Crippen LogP contribution is -2.11. The molecule has 3 rings (SSSR count). The maximum absolute atomic E-state index is 9.02. The van der Waals surface area contributed by atoms with Crippen LogP contribution in [0.3, 0.4) is 0 Å². The van der Waals surface area contributed by atoms with Crippen LogP contribution in [-0.2, 0) is 0 Å². The Morgan fingerprint density at radius 3 is 2.76 bits per heavy atom. The van der Waals surface area contributed by atoms with Crippen molar-refractivity contribution in [1.82, 2.24) is 14.6 Å². The van der Waals surface area contributed by atoms with Gasteiger partial charge in [-0.25, -0.2) is 9.50 Å². The molecule has 3 aromatic rings. The Morgan fingerprint density at radius 1 is 1.24 bits per heavy atom. The molecule has 0 fully saturated rings. The van der Waals surface area contributed by atoms with E-state index >= 15 is 0 Å². The van der Waals surface area contributed by atoms with Gasteiger partial charge in [0.2, 0.25) is 0 Å². The average Bonchev–Trinajstić information content (AvgIpc) is 2.84. The summed E-state index contributed by atoms with van der Waals surface area (Å²) in [6.45, 7) is 2.00. The number of hydrogen-bond acceptors (Lipinski definition) is 4. The molecule has 0 radical (unpaired) electrons. The summed E-state index contributed by atoms with van der Waals surface area (Å²) in [6.07, 6.45) is 1.91. The standard InChI is InChI=1S/C16H15N5/c1-11-15(13-6-4-5-12(9-13)10-17)19-21-8-7-14(20(2)3)18-16(11)21/h4-9H,1-3H3. The molecule has 5 nitrogen and oxygen atoms in total. The number of fused-ring (bicyclic) bond motifs is 1. The van der Waals surface area contributed by atoms with E-state index in [2.05, 4.69) is 16.2 Å². The molecule has 0 aliphatic rings. The molecule has 0 aliphatic heterocycles. The first-order chi connectivity index (χ1) is 10.1. The van der Waals surface area contributed by atoms with Gasteiger partial charge in [0, 0.05) is 31.4 Å². The largest absolute Gasteiger partial charge is 0.363 e. The minimum absolute atomic E-state index is 0.630. The second-order valence-electron chi connectivity index (χ2n) is 5.11. The molecule has 5 heteroatoms. The molecule has 0 amide bonds. The zero-order chi connectivity index (χ0) is 15.0. The Labute approximate surface area is 123 Å². The molecule has 0 spiro atoms. The minimum atomic E-state index is 0.630. The summed E-state index contributed by atoms with van der Waals surface area (Å²) >= 11 is 0. The maximum atomic E-state index is 9.02. The second-order valence-corrected chi connectivity index (χ2v) is 5.11. The second kappa shape index (κ2) is 4.91. The molecule has 0 aliphatic carbocycles. The average molecular weight is 277 g/mol. The van der Waals surface area contributed by atoms with Crippen LogP contribution in [0.15, 0.2) is 36.5 Å². The molecule has 0 saturated carbocycles. The molecule has 0 saturated heterocycles. The van der Waals surface area contributed by atoms with Gasteiger partial charge < -0.3 is 4.90 Å². The number of anilines is 1. The van der Waals surface area contributed by atoms with Crippen LogP contribution in [0.2, 0.25) is 0 Å². The highest BCUT2D eigenvalue weighted by atomic mass is 15.3. The van der Waals surface area contributed by atoms with Gasteiger partial charge in [0.25, 0.3) is 0 Å². The van der Waals surface area contributed by atoms with Crippen LogP contribution in [0, 0.1) is 18.3 Å². The zero-order valence-electron chi connectivity index (χ0n) is 12.2. The Kier molecular flexibility index (Phi) is 3.07. The Morgan fingerprint density at radius 2 is 2.05 bits per heavy atom. The number of nitrogens with zero attached hydrogens (tertiary/aromatic N) is 5. The molecule has 0 atom stereocenters. The lowest BCUT2D eigenvalue weighted by molar-refractivity contribution is 0.931. The first kappa shape index (κ1) is 13.1. The van der Waals surface area contributed by atoms with Gasteiger partial charge in [0.15, 0.2) is 5.65 Å². The van der Waals surface area contributed by atoms with Crippen LogP contribution in [0.4, 0.5) is 5.82 Å². The number of rotatable bonds is 2. The van der Waals surface area contributed by atoms with E-state index in [1.807, 2.05) is 56.4 Å². The van der Waals surface area contributed by atoms with Crippen LogP contribution in [-0.4, -0.2) is 28.7 Å². The molecule has 104 valence electrons. The topological polar surface area (TPSA) is 57.2 Å². The third-order valence-electron chi connectivity index (χ3n) is 3.42. The minimum Gasteiger partial charge on any atom is -0.363 e. The summed E-state index contributed by atoms with van der Waals surface area (Å²) < 4.78 is 1.77. The number of benzene rings is 1. The summed E-state index contributed by atoms with van der Waals surface area (Å²) in [5.41, 5.74) is 4.26. The van der Waals surface area contributed by atoms with Gasteiger partial charge in [0.1, 0.15) is 5.82 Å². The zero-order valence-corrected chi connectivity index (χ0v) is 12.2. The normalized spacial score (nSPS) is 10.6. The van der Waals surface area contributed by atoms with Crippen LogP contribution >= 0.6 is 0 Å². The van der Waals surface area contributed by atoms with E-state index in [-0.39, 0.29) is 0 Å². The first-order valence-corrected chi connectivity index (χ1v) is 6.64. The first-order valence-electron chi connectivity index (χ1n) is 6.64. The van der Waals surface area contributed by atoms with Gasteiger partial charge >= 0.3 is 0 Å². The smallest absolute Gasteiger partial charge is 0.160 e. The van der Waals surface area contributed by atoms with Gasteiger partial charge in [-0.3, -0.25) is 0 Å². The number of aryl methyl sites for hydroxylation is 1. The van der Waals surface area contributed by atoms with Crippen LogP contribution < -0.4 is 4.90 Å². The maximum Gasteiger partial charge on any atom is 0.160 e. The Balaban J connectivity index is 2.20. The summed E-state index contributed by atoms with van der Waals surface area (Å²) in [6, 6.07) is 11.6. The molecule has 21 heavy (non-hydrogen) atoms. The van der Waals surface area contributed by atoms with Crippen molar-refractivity contribution in [3.8, 4) is 17.3 Å². The van der Waals surface area contributed by atoms with E-state index in [4.69, 9.17) is 5.26 Å². The third-order valence-corrected chi connectivity index (χ3v) is 3.42. The highest BCUT2D eigenvalue weighted by Gasteiger charge is 2.13. The van der Waals surface area contributed by atoms with E-state index in [1.165, 1.54) is 0 Å². The predicted molar refractivity (Wildman–Crippen MR) is 82.2 cm³/mol. The van der Waals surface area contributed by atoms with Crippen molar-refractivity contribution in [1.29, 1.82) is 5.26 Å². The van der Waals surface area contributed by atoms with Gasteiger partial charge in [-0.1, -0.05) is 12.1 Å². The number of hydrogen-bond donors (Lipinski definition) is 0. The van der Waals surface area contributed by atoms with Crippen LogP contribution in [0.5, 0.6) is 0 Å². The van der Waals surface area contributed by atoms with Crippen LogP contribution in [0.1, 0.15) is 11.1 Å². The molecule has 1 aromatic carbocycles.